The number of carbonyl (C=O) groups is 1. The van der Waals surface area contributed by atoms with Crippen LogP contribution in [0, 0.1) is 0 Å². The molecule has 1 aromatic carbocycles. The van der Waals surface area contributed by atoms with E-state index in [0.29, 0.717) is 6.04 Å². The molecular formula is C22H28N4O2S. The average molecular weight is 413 g/mol. The Kier molecular flexibility index (Phi) is 5.34. The lowest BCUT2D eigenvalue weighted by Crippen LogP contribution is -2.43. The number of benzene rings is 1. The number of aromatic nitrogens is 2. The molecule has 1 aliphatic carbocycles. The molecule has 0 radical (unpaired) electrons. The van der Waals surface area contributed by atoms with Gasteiger partial charge in [0.25, 0.3) is 0 Å². The monoisotopic (exact) mass is 412 g/mol. The first-order valence-corrected chi connectivity index (χ1v) is 11.0. The van der Waals surface area contributed by atoms with E-state index in [1.165, 1.54) is 10.1 Å². The predicted octanol–water partition coefficient (Wildman–Crippen LogP) is 5.43. The molecule has 1 amide bonds. The minimum absolute atomic E-state index is 0.218. The molecule has 0 saturated heterocycles. The molecular weight excluding hydrogens is 384 g/mol. The van der Waals surface area contributed by atoms with Gasteiger partial charge in [0, 0.05) is 29.2 Å². The van der Waals surface area contributed by atoms with Crippen LogP contribution in [0.4, 0.5) is 10.6 Å². The SMILES string of the molecule is CN(C(=O)OC(C)(C)C)[C@H]1CC[C@H](Nc2ncnc3sc4ccccc4c23)CC1. The Morgan fingerprint density at radius 1 is 1.17 bits per heavy atom. The second kappa shape index (κ2) is 7.78. The molecule has 0 spiro atoms. The van der Waals surface area contributed by atoms with E-state index >= 15 is 0 Å². The third kappa shape index (κ3) is 4.29. The van der Waals surface area contributed by atoms with Crippen LogP contribution in [0.15, 0.2) is 30.6 Å². The number of rotatable bonds is 3. The molecule has 0 bridgehead atoms. The number of thiophene rings is 1. The molecule has 154 valence electrons. The van der Waals surface area contributed by atoms with E-state index in [-0.39, 0.29) is 12.1 Å². The third-order valence-electron chi connectivity index (χ3n) is 5.44. The van der Waals surface area contributed by atoms with Gasteiger partial charge in [0.15, 0.2) is 0 Å². The first-order chi connectivity index (χ1) is 13.8. The van der Waals surface area contributed by atoms with Gasteiger partial charge in [-0.25, -0.2) is 14.8 Å². The van der Waals surface area contributed by atoms with Gasteiger partial charge in [0.05, 0.1) is 5.39 Å². The normalized spacial score (nSPS) is 20.0. The number of fused-ring (bicyclic) bond motifs is 3. The summed E-state index contributed by atoms with van der Waals surface area (Å²) in [5.41, 5.74) is -0.466. The fourth-order valence-corrected chi connectivity index (χ4v) is 4.99. The number of hydrogen-bond acceptors (Lipinski definition) is 6. The Morgan fingerprint density at radius 3 is 2.62 bits per heavy atom. The number of amides is 1. The summed E-state index contributed by atoms with van der Waals surface area (Å²) >= 11 is 1.70. The Labute approximate surface area is 175 Å². The smallest absolute Gasteiger partial charge is 0.410 e. The van der Waals surface area contributed by atoms with Crippen molar-refractivity contribution >= 4 is 43.6 Å². The zero-order chi connectivity index (χ0) is 20.6. The lowest BCUT2D eigenvalue weighted by molar-refractivity contribution is 0.0185. The molecule has 6 nitrogen and oxygen atoms in total. The van der Waals surface area contributed by atoms with Gasteiger partial charge in [-0.3, -0.25) is 0 Å². The van der Waals surface area contributed by atoms with Crippen molar-refractivity contribution in [2.75, 3.05) is 12.4 Å². The summed E-state index contributed by atoms with van der Waals surface area (Å²) in [5.74, 6) is 0.913. The molecule has 1 N–H and O–H groups in total. The van der Waals surface area contributed by atoms with Crippen molar-refractivity contribution < 1.29 is 9.53 Å². The van der Waals surface area contributed by atoms with Crippen molar-refractivity contribution in [1.29, 1.82) is 0 Å². The first kappa shape index (κ1) is 19.9. The van der Waals surface area contributed by atoms with Crippen LogP contribution in [-0.2, 0) is 4.74 Å². The Morgan fingerprint density at radius 2 is 1.90 bits per heavy atom. The van der Waals surface area contributed by atoms with E-state index in [9.17, 15) is 4.79 Å². The lowest BCUT2D eigenvalue weighted by Gasteiger charge is -2.36. The van der Waals surface area contributed by atoms with Crippen LogP contribution in [0.3, 0.4) is 0 Å². The lowest BCUT2D eigenvalue weighted by atomic mass is 9.90. The van der Waals surface area contributed by atoms with Crippen LogP contribution >= 0.6 is 11.3 Å². The molecule has 0 unspecified atom stereocenters. The average Bonchev–Trinajstić information content (AvgIpc) is 3.06. The van der Waals surface area contributed by atoms with Gasteiger partial charge >= 0.3 is 6.09 Å². The van der Waals surface area contributed by atoms with E-state index in [1.54, 1.807) is 22.6 Å². The summed E-state index contributed by atoms with van der Waals surface area (Å²) in [7, 11) is 1.85. The molecule has 0 atom stereocenters. The van der Waals surface area contributed by atoms with Gasteiger partial charge in [-0.1, -0.05) is 18.2 Å². The number of nitrogens with one attached hydrogen (secondary N) is 1. The van der Waals surface area contributed by atoms with Gasteiger partial charge in [0.2, 0.25) is 0 Å². The van der Waals surface area contributed by atoms with Gasteiger partial charge in [-0.15, -0.1) is 11.3 Å². The number of carbonyl (C=O) groups excluding carboxylic acids is 1. The second-order valence-electron chi connectivity index (χ2n) is 8.74. The van der Waals surface area contributed by atoms with E-state index in [1.807, 2.05) is 27.8 Å². The van der Waals surface area contributed by atoms with Crippen molar-refractivity contribution in [2.45, 2.75) is 64.1 Å². The predicted molar refractivity (Wildman–Crippen MR) is 119 cm³/mol. The topological polar surface area (TPSA) is 67.3 Å². The fraction of sp³-hybridized carbons (Fsp3) is 0.500. The van der Waals surface area contributed by atoms with E-state index in [2.05, 4.69) is 39.6 Å². The van der Waals surface area contributed by atoms with Crippen LogP contribution in [0.2, 0.25) is 0 Å². The molecule has 1 saturated carbocycles. The maximum Gasteiger partial charge on any atom is 0.410 e. The van der Waals surface area contributed by atoms with Crippen LogP contribution in [-0.4, -0.2) is 45.7 Å². The van der Waals surface area contributed by atoms with Crippen molar-refractivity contribution in [3.8, 4) is 0 Å². The molecule has 1 aliphatic rings. The zero-order valence-corrected chi connectivity index (χ0v) is 18.3. The minimum Gasteiger partial charge on any atom is -0.444 e. The highest BCUT2D eigenvalue weighted by Crippen LogP contribution is 2.36. The quantitative estimate of drug-likeness (QED) is 0.621. The zero-order valence-electron chi connectivity index (χ0n) is 17.4. The van der Waals surface area contributed by atoms with Crippen molar-refractivity contribution in [2.24, 2.45) is 0 Å². The summed E-state index contributed by atoms with van der Waals surface area (Å²) in [4.78, 5) is 24.1. The van der Waals surface area contributed by atoms with E-state index in [0.717, 1.165) is 41.7 Å². The largest absolute Gasteiger partial charge is 0.444 e. The van der Waals surface area contributed by atoms with Gasteiger partial charge in [0.1, 0.15) is 22.6 Å². The summed E-state index contributed by atoms with van der Waals surface area (Å²) in [6, 6.07) is 8.94. The molecule has 7 heteroatoms. The van der Waals surface area contributed by atoms with Gasteiger partial charge in [-0.2, -0.15) is 0 Å². The minimum atomic E-state index is -0.466. The van der Waals surface area contributed by atoms with Crippen molar-refractivity contribution in [1.82, 2.24) is 14.9 Å². The summed E-state index contributed by atoms with van der Waals surface area (Å²) in [5, 5.41) is 5.96. The van der Waals surface area contributed by atoms with Gasteiger partial charge < -0.3 is 15.0 Å². The molecule has 3 aromatic rings. The molecule has 2 heterocycles. The third-order valence-corrected chi connectivity index (χ3v) is 6.52. The van der Waals surface area contributed by atoms with E-state index < -0.39 is 5.60 Å². The number of nitrogens with zero attached hydrogens (tertiary/aromatic N) is 3. The fourth-order valence-electron chi connectivity index (χ4n) is 3.95. The van der Waals surface area contributed by atoms with Crippen LogP contribution in [0.5, 0.6) is 0 Å². The molecule has 2 aromatic heterocycles. The standard InChI is InChI=1S/C22H28N4O2S/c1-22(2,3)28-21(27)26(4)15-11-9-14(10-12-15)25-19-18-16-7-5-6-8-17(16)29-20(18)24-13-23-19/h5-8,13-15H,9-12H2,1-4H3,(H,23,24,25)/t14-,15-. The second-order valence-corrected chi connectivity index (χ2v) is 9.77. The van der Waals surface area contributed by atoms with Gasteiger partial charge in [-0.05, 0) is 52.5 Å². The Bertz CT molecular complexity index is 1020. The van der Waals surface area contributed by atoms with Crippen molar-refractivity contribution in [3.05, 3.63) is 30.6 Å². The highest BCUT2D eigenvalue weighted by Gasteiger charge is 2.29. The van der Waals surface area contributed by atoms with E-state index in [4.69, 9.17) is 4.74 Å². The van der Waals surface area contributed by atoms with Crippen LogP contribution in [0.1, 0.15) is 46.5 Å². The number of ether oxygens (including phenoxy) is 1. The number of anilines is 1. The molecule has 4 rings (SSSR count). The summed E-state index contributed by atoms with van der Waals surface area (Å²) in [6.45, 7) is 5.70. The van der Waals surface area contributed by atoms with Crippen LogP contribution in [0.25, 0.3) is 20.3 Å². The maximum atomic E-state index is 12.3. The maximum absolute atomic E-state index is 12.3. The highest BCUT2D eigenvalue weighted by molar-refractivity contribution is 7.25. The van der Waals surface area contributed by atoms with Crippen LogP contribution < -0.4 is 5.32 Å². The highest BCUT2D eigenvalue weighted by atomic mass is 32.1. The number of hydrogen-bond donors (Lipinski definition) is 1. The van der Waals surface area contributed by atoms with Crippen molar-refractivity contribution in [3.63, 3.8) is 0 Å². The Balaban J connectivity index is 1.43. The summed E-state index contributed by atoms with van der Waals surface area (Å²) in [6.07, 6.45) is 5.28. The first-order valence-electron chi connectivity index (χ1n) is 10.2. The Hall–Kier alpha value is -2.41. The molecule has 1 fully saturated rings. The summed E-state index contributed by atoms with van der Waals surface area (Å²) < 4.78 is 6.74. The molecule has 0 aliphatic heterocycles. The molecule has 29 heavy (non-hydrogen) atoms.